The number of aryl methyl sites for hydroxylation is 1. The Labute approximate surface area is 195 Å². The number of halogens is 1. The van der Waals surface area contributed by atoms with Crippen molar-refractivity contribution < 1.29 is 13.9 Å². The first-order valence-electron chi connectivity index (χ1n) is 10.4. The fraction of sp³-hybridized carbons (Fsp3) is 0.174. The van der Waals surface area contributed by atoms with Crippen LogP contribution >= 0.6 is 0 Å². The van der Waals surface area contributed by atoms with Crippen molar-refractivity contribution in [2.45, 2.75) is 19.9 Å². The summed E-state index contributed by atoms with van der Waals surface area (Å²) in [7, 11) is 1.45. The van der Waals surface area contributed by atoms with E-state index in [9.17, 15) is 9.18 Å². The number of benzene rings is 1. The number of carbonyl (C=O) groups is 1. The number of hydrogen-bond acceptors (Lipinski definition) is 8. The molecule has 174 valence electrons. The van der Waals surface area contributed by atoms with Gasteiger partial charge in [0.1, 0.15) is 5.82 Å². The van der Waals surface area contributed by atoms with Gasteiger partial charge in [-0.1, -0.05) is 12.1 Å². The van der Waals surface area contributed by atoms with Gasteiger partial charge in [-0.2, -0.15) is 5.10 Å². The second-order valence-corrected chi connectivity index (χ2v) is 7.36. The van der Waals surface area contributed by atoms with Crippen molar-refractivity contribution in [3.8, 4) is 17.0 Å². The minimum atomic E-state index is -0.505. The molecule has 0 bridgehead atoms. The third-order valence-corrected chi connectivity index (χ3v) is 4.96. The van der Waals surface area contributed by atoms with Crippen molar-refractivity contribution in [3.05, 3.63) is 66.6 Å². The number of rotatable bonds is 8. The third-order valence-electron chi connectivity index (χ3n) is 4.96. The lowest BCUT2D eigenvalue weighted by Gasteiger charge is -2.09. The molecule has 0 unspecified atom stereocenters. The number of methoxy groups -OCH3 is 1. The molecule has 4 N–H and O–H groups in total. The average molecular weight is 462 g/mol. The van der Waals surface area contributed by atoms with E-state index in [2.05, 4.69) is 30.7 Å². The number of hydrogen-bond donors (Lipinski definition) is 3. The van der Waals surface area contributed by atoms with Gasteiger partial charge in [0.05, 0.1) is 43.0 Å². The average Bonchev–Trinajstić information content (AvgIpc) is 3.28. The minimum Gasteiger partial charge on any atom is -0.480 e. The van der Waals surface area contributed by atoms with Crippen molar-refractivity contribution >= 4 is 28.9 Å². The molecule has 11 heteroatoms. The van der Waals surface area contributed by atoms with Gasteiger partial charge < -0.3 is 21.1 Å². The maximum absolute atomic E-state index is 14.7. The topological polar surface area (TPSA) is 133 Å². The first kappa shape index (κ1) is 22.6. The Morgan fingerprint density at radius 3 is 2.53 bits per heavy atom. The highest BCUT2D eigenvalue weighted by Crippen LogP contribution is 2.24. The standard InChI is InChI=1S/C23H23FN8O2/c1-3-32-13-18(12-29-32)31-23-27-9-16(10-28-23)14-4-5-15(19(24)6-14)7-21(33)30-17-8-20(25)22(34-2)26-11-17/h4-6,8-13H,3,7,25H2,1-2H3,(H,30,33)(H,27,28,31). The van der Waals surface area contributed by atoms with E-state index in [1.807, 2.05) is 13.1 Å². The summed E-state index contributed by atoms with van der Waals surface area (Å²) < 4.78 is 21.5. The van der Waals surface area contributed by atoms with Crippen LogP contribution < -0.4 is 21.1 Å². The van der Waals surface area contributed by atoms with Crippen molar-refractivity contribution in [2.24, 2.45) is 0 Å². The van der Waals surface area contributed by atoms with E-state index < -0.39 is 11.7 Å². The number of anilines is 4. The first-order valence-corrected chi connectivity index (χ1v) is 10.4. The molecule has 3 heterocycles. The van der Waals surface area contributed by atoms with Gasteiger partial charge in [-0.25, -0.2) is 19.3 Å². The zero-order chi connectivity index (χ0) is 24.1. The molecule has 10 nitrogen and oxygen atoms in total. The fourth-order valence-electron chi connectivity index (χ4n) is 3.23. The number of nitrogens with zero attached hydrogens (tertiary/aromatic N) is 5. The van der Waals surface area contributed by atoms with Crippen LogP contribution in [0.2, 0.25) is 0 Å². The molecule has 0 spiro atoms. The molecule has 4 aromatic rings. The van der Waals surface area contributed by atoms with Gasteiger partial charge >= 0.3 is 0 Å². The Balaban J connectivity index is 1.40. The van der Waals surface area contributed by atoms with E-state index >= 15 is 0 Å². The Bertz CT molecular complexity index is 1310. The van der Waals surface area contributed by atoms with Gasteiger partial charge in [0.2, 0.25) is 17.7 Å². The maximum Gasteiger partial charge on any atom is 0.236 e. The molecule has 0 saturated carbocycles. The van der Waals surface area contributed by atoms with E-state index in [1.165, 1.54) is 25.4 Å². The number of amides is 1. The third kappa shape index (κ3) is 5.26. The molecule has 0 atom stereocenters. The van der Waals surface area contributed by atoms with Crippen molar-refractivity contribution in [1.82, 2.24) is 24.7 Å². The summed E-state index contributed by atoms with van der Waals surface area (Å²) in [5.41, 5.74) is 8.74. The molecule has 0 saturated heterocycles. The Morgan fingerprint density at radius 2 is 1.88 bits per heavy atom. The number of ether oxygens (including phenoxy) is 1. The molecule has 0 aliphatic heterocycles. The number of nitrogen functional groups attached to an aromatic ring is 1. The van der Waals surface area contributed by atoms with Crippen LogP contribution in [0.3, 0.4) is 0 Å². The van der Waals surface area contributed by atoms with Gasteiger partial charge in [-0.15, -0.1) is 0 Å². The number of nitrogens with two attached hydrogens (primary N) is 1. The van der Waals surface area contributed by atoms with E-state index in [1.54, 1.807) is 35.4 Å². The summed E-state index contributed by atoms with van der Waals surface area (Å²) in [4.78, 5) is 24.9. The quantitative estimate of drug-likeness (QED) is 0.363. The van der Waals surface area contributed by atoms with Crippen molar-refractivity contribution in [1.29, 1.82) is 0 Å². The van der Waals surface area contributed by atoms with Crippen LogP contribution in [-0.2, 0) is 17.8 Å². The molecule has 0 aliphatic rings. The predicted octanol–water partition coefficient (Wildman–Crippen LogP) is 3.41. The molecule has 0 aliphatic carbocycles. The lowest BCUT2D eigenvalue weighted by atomic mass is 10.0. The predicted molar refractivity (Wildman–Crippen MR) is 126 cm³/mol. The second kappa shape index (κ2) is 9.94. The molecule has 4 rings (SSSR count). The zero-order valence-corrected chi connectivity index (χ0v) is 18.6. The van der Waals surface area contributed by atoms with Gasteiger partial charge in [0, 0.05) is 30.7 Å². The second-order valence-electron chi connectivity index (χ2n) is 7.36. The Hall–Kier alpha value is -4.54. The highest BCUT2D eigenvalue weighted by molar-refractivity contribution is 5.92. The van der Waals surface area contributed by atoms with E-state index in [0.717, 1.165) is 12.2 Å². The highest BCUT2D eigenvalue weighted by Gasteiger charge is 2.12. The van der Waals surface area contributed by atoms with Gasteiger partial charge in [0.25, 0.3) is 0 Å². The summed E-state index contributed by atoms with van der Waals surface area (Å²) in [6.07, 6.45) is 8.00. The van der Waals surface area contributed by atoms with Crippen LogP contribution in [0.1, 0.15) is 12.5 Å². The van der Waals surface area contributed by atoms with Crippen LogP contribution in [0.25, 0.3) is 11.1 Å². The molecule has 0 radical (unpaired) electrons. The number of aromatic nitrogens is 5. The van der Waals surface area contributed by atoms with Crippen LogP contribution in [0.15, 0.2) is 55.2 Å². The highest BCUT2D eigenvalue weighted by atomic mass is 19.1. The molecule has 34 heavy (non-hydrogen) atoms. The fourth-order valence-corrected chi connectivity index (χ4v) is 3.23. The van der Waals surface area contributed by atoms with Crippen LogP contribution in [0.5, 0.6) is 5.88 Å². The SMILES string of the molecule is CCn1cc(Nc2ncc(-c3ccc(CC(=O)Nc4cnc(OC)c(N)c4)c(F)c3)cn2)cn1. The summed E-state index contributed by atoms with van der Waals surface area (Å²) >= 11 is 0. The Kier molecular flexibility index (Phi) is 6.62. The van der Waals surface area contributed by atoms with Crippen LogP contribution in [-0.4, -0.2) is 37.7 Å². The maximum atomic E-state index is 14.7. The van der Waals surface area contributed by atoms with E-state index in [4.69, 9.17) is 10.5 Å². The summed E-state index contributed by atoms with van der Waals surface area (Å²) in [6.45, 7) is 2.76. The lowest BCUT2D eigenvalue weighted by Crippen LogP contribution is -2.15. The van der Waals surface area contributed by atoms with Crippen molar-refractivity contribution in [3.63, 3.8) is 0 Å². The zero-order valence-electron chi connectivity index (χ0n) is 18.6. The Morgan fingerprint density at radius 1 is 1.09 bits per heavy atom. The normalized spacial score (nSPS) is 10.7. The number of pyridine rings is 1. The molecular weight excluding hydrogens is 439 g/mol. The monoisotopic (exact) mass is 462 g/mol. The lowest BCUT2D eigenvalue weighted by molar-refractivity contribution is -0.115. The number of carbonyl (C=O) groups excluding carboxylic acids is 1. The van der Waals surface area contributed by atoms with Crippen LogP contribution in [0.4, 0.5) is 27.4 Å². The van der Waals surface area contributed by atoms with Crippen LogP contribution in [0, 0.1) is 5.82 Å². The van der Waals surface area contributed by atoms with E-state index in [-0.39, 0.29) is 23.6 Å². The molecule has 0 fully saturated rings. The molecular formula is C23H23FN8O2. The largest absolute Gasteiger partial charge is 0.480 e. The molecule has 3 aromatic heterocycles. The molecule has 1 aromatic carbocycles. The first-order chi connectivity index (χ1) is 16.4. The number of nitrogens with one attached hydrogen (secondary N) is 2. The molecule has 1 amide bonds. The summed E-state index contributed by atoms with van der Waals surface area (Å²) in [6, 6.07) is 6.16. The summed E-state index contributed by atoms with van der Waals surface area (Å²) in [5.74, 6) is -0.237. The van der Waals surface area contributed by atoms with E-state index in [0.29, 0.717) is 22.8 Å². The summed E-state index contributed by atoms with van der Waals surface area (Å²) in [5, 5.41) is 9.90. The van der Waals surface area contributed by atoms with Gasteiger partial charge in [-0.3, -0.25) is 9.48 Å². The smallest absolute Gasteiger partial charge is 0.236 e. The van der Waals surface area contributed by atoms with Crippen molar-refractivity contribution in [2.75, 3.05) is 23.5 Å². The minimum absolute atomic E-state index is 0.150. The van der Waals surface area contributed by atoms with Gasteiger partial charge in [0.15, 0.2) is 0 Å². The van der Waals surface area contributed by atoms with Gasteiger partial charge in [-0.05, 0) is 30.2 Å².